The number of halogens is 1. The molecule has 0 aromatic heterocycles. The van der Waals surface area contributed by atoms with E-state index >= 15 is 0 Å². The fourth-order valence-electron chi connectivity index (χ4n) is 5.31. The van der Waals surface area contributed by atoms with Gasteiger partial charge in [-0.25, -0.2) is 4.39 Å². The van der Waals surface area contributed by atoms with E-state index in [2.05, 4.69) is 31.9 Å². The molecule has 0 saturated carbocycles. The Morgan fingerprint density at radius 2 is 1.46 bits per heavy atom. The number of nitrogens with zero attached hydrogens (tertiary/aromatic N) is 1. The molecule has 0 aliphatic carbocycles. The van der Waals surface area contributed by atoms with E-state index in [0.29, 0.717) is 0 Å². The Morgan fingerprint density at radius 3 is 2.11 bits per heavy atom. The van der Waals surface area contributed by atoms with E-state index in [1.807, 2.05) is 0 Å². The molecule has 3 rings (SSSR count). The van der Waals surface area contributed by atoms with E-state index in [1.165, 1.54) is 12.1 Å². The number of aliphatic hydroxyl groups is 1. The van der Waals surface area contributed by atoms with Crippen LogP contribution in [0.15, 0.2) is 24.3 Å². The molecule has 1 aromatic carbocycles. The molecule has 0 unspecified atom stereocenters. The van der Waals surface area contributed by atoms with Gasteiger partial charge in [0.05, 0.1) is 38.1 Å². The van der Waals surface area contributed by atoms with Gasteiger partial charge < -0.3 is 64.2 Å². The number of carboxylic acid groups (broad SMARTS) is 1. The van der Waals surface area contributed by atoms with Gasteiger partial charge in [-0.15, -0.1) is 0 Å². The van der Waals surface area contributed by atoms with Crippen molar-refractivity contribution in [2.24, 2.45) is 17.2 Å². The van der Waals surface area contributed by atoms with Crippen molar-refractivity contribution in [3.63, 3.8) is 0 Å². The highest BCUT2D eigenvalue weighted by atomic mass is 33.1. The van der Waals surface area contributed by atoms with Crippen LogP contribution in [0.1, 0.15) is 30.9 Å². The lowest BCUT2D eigenvalue weighted by atomic mass is 10.1. The first kappa shape index (κ1) is 44.9. The second kappa shape index (κ2) is 21.0. The molecule has 2 fully saturated rings. The zero-order valence-electron chi connectivity index (χ0n) is 29.4. The summed E-state index contributed by atoms with van der Waals surface area (Å²) in [6.45, 7) is -2.08. The molecule has 14 N–H and O–H groups in total. The molecule has 25 heteroatoms. The fraction of sp³-hybridized carbons (Fsp3) is 0.484. The van der Waals surface area contributed by atoms with Crippen molar-refractivity contribution < 1.29 is 62.5 Å². The summed E-state index contributed by atoms with van der Waals surface area (Å²) in [5.74, 6) is -11.9. The lowest BCUT2D eigenvalue weighted by molar-refractivity contribution is -0.141. The number of nitrogens with two attached hydrogens (primary N) is 3. The lowest BCUT2D eigenvalue weighted by Crippen LogP contribution is -2.57. The number of aliphatic carboxylic acids is 1. The summed E-state index contributed by atoms with van der Waals surface area (Å²) in [5.41, 5.74) is 16.5. The van der Waals surface area contributed by atoms with Crippen molar-refractivity contribution >= 4 is 80.7 Å². The number of carboxylic acids is 1. The van der Waals surface area contributed by atoms with Crippen LogP contribution >= 0.6 is 21.6 Å². The normalized spacial score (nSPS) is 27.0. The fourth-order valence-corrected chi connectivity index (χ4v) is 7.61. The van der Waals surface area contributed by atoms with Crippen LogP contribution in [0, 0.1) is 5.82 Å². The molecule has 7 atom stereocenters. The Morgan fingerprint density at radius 1 is 0.821 bits per heavy atom. The van der Waals surface area contributed by atoms with E-state index in [1.54, 1.807) is 0 Å². The molecule has 2 saturated heterocycles. The summed E-state index contributed by atoms with van der Waals surface area (Å²) in [6, 6.07) is -4.80. The number of hydrogen-bond donors (Lipinski definition) is 11. The number of amides is 9. The van der Waals surface area contributed by atoms with Crippen LogP contribution < -0.4 is 49.1 Å². The molecule has 1 aromatic rings. The molecule has 9 amide bonds. The summed E-state index contributed by atoms with van der Waals surface area (Å²) in [5, 5.41) is 33.1. The number of carbonyl (C=O) groups is 10. The van der Waals surface area contributed by atoms with Crippen LogP contribution in [-0.4, -0.2) is 142 Å². The highest BCUT2D eigenvalue weighted by Gasteiger charge is 2.41. The summed E-state index contributed by atoms with van der Waals surface area (Å²) in [4.78, 5) is 128. The monoisotopic (exact) mass is 828 g/mol. The first-order valence-electron chi connectivity index (χ1n) is 16.6. The molecule has 56 heavy (non-hydrogen) atoms. The van der Waals surface area contributed by atoms with Crippen molar-refractivity contribution in [2.75, 3.05) is 31.1 Å². The van der Waals surface area contributed by atoms with Gasteiger partial charge in [-0.3, -0.25) is 47.9 Å². The first-order valence-corrected chi connectivity index (χ1v) is 19.1. The van der Waals surface area contributed by atoms with Crippen LogP contribution in [-0.2, 0) is 47.9 Å². The number of fused-ring (bicyclic) bond motifs is 1. The topological polar surface area (TPSA) is 365 Å². The third kappa shape index (κ3) is 13.6. The van der Waals surface area contributed by atoms with Crippen molar-refractivity contribution in [2.45, 2.75) is 61.6 Å². The standard InChI is InChI=1S/C31H41FN10O12S2/c32-14-3-1-2-13(4-14)25-31(54)37-9-23(46)42-10-15(43)5-20(42)30(53)39-17(6-21(34)44)29(52)40-19(26(35)49)12-56-55-11-16(33)27(50)38-18(7-24(47)48)28(51)36-8-22(45)41-25/h1-4,15-20,25,43H,5-12,33H2,(H2,34,44)(H2,35,49)(H,36,51)(H,37,54)(H,38,50)(H,39,53)(H,40,52)(H,41,45)(H,47,48)/t15-,16-,17+,18-,19-,20+,25+/m1/s1. The summed E-state index contributed by atoms with van der Waals surface area (Å²) < 4.78 is 14.2. The molecular weight excluding hydrogens is 788 g/mol. The van der Waals surface area contributed by atoms with E-state index in [-0.39, 0.29) is 23.5 Å². The number of carbonyl (C=O) groups excluding carboxylic acids is 9. The van der Waals surface area contributed by atoms with Crippen LogP contribution in [0.2, 0.25) is 0 Å². The van der Waals surface area contributed by atoms with Gasteiger partial charge >= 0.3 is 5.97 Å². The van der Waals surface area contributed by atoms with Crippen molar-refractivity contribution in [3.8, 4) is 0 Å². The van der Waals surface area contributed by atoms with Crippen LogP contribution in [0.5, 0.6) is 0 Å². The summed E-state index contributed by atoms with van der Waals surface area (Å²) in [6.07, 6.45) is -3.25. The van der Waals surface area contributed by atoms with E-state index in [9.17, 15) is 62.5 Å². The molecule has 2 aliphatic rings. The quantitative estimate of drug-likeness (QED) is 0.119. The number of hydrogen-bond acceptors (Lipinski definition) is 14. The second-order valence-electron chi connectivity index (χ2n) is 12.5. The lowest BCUT2D eigenvalue weighted by Gasteiger charge is -2.27. The van der Waals surface area contributed by atoms with Gasteiger partial charge in [0, 0.05) is 24.5 Å². The number of primary amides is 2. The Kier molecular flexibility index (Phi) is 16.8. The van der Waals surface area contributed by atoms with Gasteiger partial charge in [-0.2, -0.15) is 0 Å². The van der Waals surface area contributed by atoms with E-state index in [0.717, 1.165) is 38.6 Å². The Bertz CT molecular complexity index is 1720. The SMILES string of the molecule is NC(=O)C[C@@H]1NC(=O)[C@@H]2C[C@@H](O)CN2C(=O)CNC(=O)[C@H](c2cccc(F)c2)NC(=O)CNC(=O)[C@@H](CC(=O)O)NC(=O)[C@H](N)CSSC[C@H](C(N)=O)NC1=O. The van der Waals surface area contributed by atoms with Gasteiger partial charge in [0.15, 0.2) is 0 Å². The molecule has 0 spiro atoms. The molecule has 2 heterocycles. The van der Waals surface area contributed by atoms with Crippen LogP contribution in [0.3, 0.4) is 0 Å². The van der Waals surface area contributed by atoms with Crippen molar-refractivity contribution in [3.05, 3.63) is 35.6 Å². The smallest absolute Gasteiger partial charge is 0.305 e. The largest absolute Gasteiger partial charge is 0.481 e. The van der Waals surface area contributed by atoms with Crippen LogP contribution in [0.25, 0.3) is 0 Å². The highest BCUT2D eigenvalue weighted by molar-refractivity contribution is 8.76. The zero-order chi connectivity index (χ0) is 41.7. The minimum absolute atomic E-state index is 0.102. The molecule has 306 valence electrons. The molecular formula is C31H41FN10O12S2. The van der Waals surface area contributed by atoms with Gasteiger partial charge in [0.25, 0.3) is 0 Å². The maximum Gasteiger partial charge on any atom is 0.305 e. The minimum Gasteiger partial charge on any atom is -0.481 e. The number of benzene rings is 1. The molecule has 22 nitrogen and oxygen atoms in total. The van der Waals surface area contributed by atoms with Gasteiger partial charge in [0.2, 0.25) is 53.2 Å². The predicted molar refractivity (Wildman–Crippen MR) is 193 cm³/mol. The van der Waals surface area contributed by atoms with Crippen LogP contribution in [0.4, 0.5) is 4.39 Å². The highest BCUT2D eigenvalue weighted by Crippen LogP contribution is 2.23. The van der Waals surface area contributed by atoms with E-state index < -0.39 is 140 Å². The number of nitrogens with one attached hydrogen (secondary N) is 6. The molecule has 0 bridgehead atoms. The number of aliphatic hydroxyl groups excluding tert-OH is 1. The third-order valence-corrected chi connectivity index (χ3v) is 10.5. The second-order valence-corrected chi connectivity index (χ2v) is 15.0. The van der Waals surface area contributed by atoms with Gasteiger partial charge in [-0.1, -0.05) is 33.7 Å². The van der Waals surface area contributed by atoms with Gasteiger partial charge in [-0.05, 0) is 17.7 Å². The van der Waals surface area contributed by atoms with Crippen molar-refractivity contribution in [1.82, 2.24) is 36.8 Å². The molecule has 2 aliphatic heterocycles. The first-order chi connectivity index (χ1) is 26.4. The molecule has 0 radical (unpaired) electrons. The van der Waals surface area contributed by atoms with Gasteiger partial charge in [0.1, 0.15) is 36.0 Å². The Labute approximate surface area is 325 Å². The zero-order valence-corrected chi connectivity index (χ0v) is 31.0. The van der Waals surface area contributed by atoms with Crippen molar-refractivity contribution in [1.29, 1.82) is 0 Å². The predicted octanol–water partition coefficient (Wildman–Crippen LogP) is -5.81. The number of rotatable bonds is 6. The maximum absolute atomic E-state index is 14.2. The summed E-state index contributed by atoms with van der Waals surface area (Å²) >= 11 is 0. The Hall–Kier alpha value is -5.53. The Balaban J connectivity index is 1.93. The average Bonchev–Trinajstić information content (AvgIpc) is 3.52. The third-order valence-electron chi connectivity index (χ3n) is 8.10. The van der Waals surface area contributed by atoms with E-state index in [4.69, 9.17) is 17.2 Å². The maximum atomic E-state index is 14.2. The summed E-state index contributed by atoms with van der Waals surface area (Å²) in [7, 11) is 1.85. The minimum atomic E-state index is -1.72. The average molecular weight is 829 g/mol.